The lowest BCUT2D eigenvalue weighted by Crippen LogP contribution is -2.49. The van der Waals surface area contributed by atoms with Crippen molar-refractivity contribution in [3.63, 3.8) is 0 Å². The van der Waals surface area contributed by atoms with Gasteiger partial charge in [0.2, 0.25) is 5.60 Å². The van der Waals surface area contributed by atoms with Crippen LogP contribution in [0, 0.1) is 5.41 Å². The van der Waals surface area contributed by atoms with Crippen LogP contribution in [-0.2, 0) is 15.2 Å². The molecule has 1 heterocycles. The third-order valence-corrected chi connectivity index (χ3v) is 7.09. The highest BCUT2D eigenvalue weighted by Crippen LogP contribution is 2.65. The summed E-state index contributed by atoms with van der Waals surface area (Å²) in [6.07, 6.45) is 1.18. The third kappa shape index (κ3) is 2.61. The lowest BCUT2D eigenvalue weighted by atomic mass is 9.61. The zero-order valence-corrected chi connectivity index (χ0v) is 18.9. The van der Waals surface area contributed by atoms with E-state index in [1.54, 1.807) is 0 Å². The summed E-state index contributed by atoms with van der Waals surface area (Å²) >= 11 is 6.15. The summed E-state index contributed by atoms with van der Waals surface area (Å²) in [6.45, 7) is 4.09. The van der Waals surface area contributed by atoms with Gasteiger partial charge in [0, 0.05) is 27.3 Å². The number of nitrogens with zero attached hydrogens (tertiary/aromatic N) is 1. The van der Waals surface area contributed by atoms with E-state index in [0.29, 0.717) is 23.6 Å². The number of Topliss-reactive ketones (excluding diaryl/α,β-unsaturated/α-hetero) is 1. The number of ketones is 1. The molecule has 0 N–H and O–H groups in total. The zero-order chi connectivity index (χ0) is 22.3. The van der Waals surface area contributed by atoms with Crippen molar-refractivity contribution in [2.45, 2.75) is 32.3 Å². The first-order valence-electron chi connectivity index (χ1n) is 11.0. The number of allylic oxidation sites excluding steroid dienone is 1. The molecule has 3 nitrogen and oxygen atoms in total. The molecular formula is C28H24ClNO2. The van der Waals surface area contributed by atoms with Crippen LogP contribution in [0.25, 0.3) is 5.57 Å². The fraction of sp³-hybridized carbons (Fsp3) is 0.214. The smallest absolute Gasteiger partial charge is 0.207 e. The second-order valence-corrected chi connectivity index (χ2v) is 8.68. The van der Waals surface area contributed by atoms with Gasteiger partial charge in [-0.05, 0) is 30.5 Å². The molecule has 0 amide bonds. The van der Waals surface area contributed by atoms with E-state index in [1.807, 2.05) is 79.7 Å². The van der Waals surface area contributed by atoms with Gasteiger partial charge in [-0.25, -0.2) is 0 Å². The highest BCUT2D eigenvalue weighted by atomic mass is 35.5. The van der Waals surface area contributed by atoms with Crippen molar-refractivity contribution >= 4 is 28.7 Å². The van der Waals surface area contributed by atoms with Crippen LogP contribution in [0.15, 0.2) is 95.7 Å². The fourth-order valence-corrected chi connectivity index (χ4v) is 5.59. The average Bonchev–Trinajstić information content (AvgIpc) is 3.30. The predicted molar refractivity (Wildman–Crippen MR) is 129 cm³/mol. The molecule has 0 radical (unpaired) electrons. The number of benzene rings is 3. The molecule has 5 rings (SSSR count). The highest BCUT2D eigenvalue weighted by Gasteiger charge is 2.72. The molecule has 1 aliphatic carbocycles. The Morgan fingerprint density at radius 2 is 1.47 bits per heavy atom. The first-order valence-corrected chi connectivity index (χ1v) is 11.4. The van der Waals surface area contributed by atoms with Crippen LogP contribution in [0.1, 0.15) is 43.4 Å². The van der Waals surface area contributed by atoms with Crippen molar-refractivity contribution in [1.82, 2.24) is 0 Å². The van der Waals surface area contributed by atoms with Crippen LogP contribution in [0.5, 0.6) is 0 Å². The summed E-state index contributed by atoms with van der Waals surface area (Å²) < 4.78 is 0. The van der Waals surface area contributed by atoms with Gasteiger partial charge in [-0.1, -0.05) is 103 Å². The van der Waals surface area contributed by atoms with E-state index in [2.05, 4.69) is 24.2 Å². The molecule has 0 saturated heterocycles. The number of hydrogen-bond acceptors (Lipinski definition) is 3. The molecule has 2 atom stereocenters. The van der Waals surface area contributed by atoms with Gasteiger partial charge in [-0.15, -0.1) is 0 Å². The van der Waals surface area contributed by atoms with Crippen LogP contribution < -0.4 is 0 Å². The Kier molecular flexibility index (Phi) is 5.02. The van der Waals surface area contributed by atoms with E-state index in [0.717, 1.165) is 27.8 Å². The standard InChI is InChI=1S/C28H24ClNO2/c1-3-23-24(19-11-7-5-8-12-19)28(21-13-9-6-10-14-21)27(4-2,26(23)31)25(30-32-28)20-15-17-22(29)18-16-20/h5-18H,3-4H2,1-2H3/t27-,28+/m0/s1. The number of carbonyl (C=O) groups excluding carboxylic acids is 1. The number of halogens is 1. The molecule has 3 aromatic rings. The van der Waals surface area contributed by atoms with Gasteiger partial charge >= 0.3 is 0 Å². The maximum absolute atomic E-state index is 14.3. The average molecular weight is 442 g/mol. The zero-order valence-electron chi connectivity index (χ0n) is 18.1. The Labute approximate surface area is 193 Å². The van der Waals surface area contributed by atoms with Crippen molar-refractivity contribution in [2.75, 3.05) is 0 Å². The molecule has 160 valence electrons. The molecular weight excluding hydrogens is 418 g/mol. The maximum Gasteiger partial charge on any atom is 0.207 e. The Balaban J connectivity index is 1.84. The SMILES string of the molecule is CCC1=C(c2ccccc2)[C@@]2(c3ccccc3)ON=C(c3ccc(Cl)cc3)[C@@]2(CC)C1=O. The van der Waals surface area contributed by atoms with Crippen molar-refractivity contribution in [3.05, 3.63) is 112 Å². The molecule has 1 aliphatic heterocycles. The number of rotatable bonds is 5. The van der Waals surface area contributed by atoms with Gasteiger partial charge in [0.15, 0.2) is 5.78 Å². The Bertz CT molecular complexity index is 1230. The summed E-state index contributed by atoms with van der Waals surface area (Å²) in [5.41, 5.74) is 3.19. The quantitative estimate of drug-likeness (QED) is 0.436. The fourth-order valence-electron chi connectivity index (χ4n) is 5.47. The highest BCUT2D eigenvalue weighted by molar-refractivity contribution is 6.32. The Morgan fingerprint density at radius 3 is 2.06 bits per heavy atom. The lowest BCUT2D eigenvalue weighted by molar-refractivity contribution is -0.129. The molecule has 0 aromatic heterocycles. The molecule has 4 heteroatoms. The molecule has 3 aromatic carbocycles. The molecule has 32 heavy (non-hydrogen) atoms. The number of oxime groups is 1. The molecule has 0 bridgehead atoms. The van der Waals surface area contributed by atoms with E-state index >= 15 is 0 Å². The maximum atomic E-state index is 14.3. The summed E-state index contributed by atoms with van der Waals surface area (Å²) in [5.74, 6) is 0.0939. The van der Waals surface area contributed by atoms with Crippen LogP contribution in [0.4, 0.5) is 0 Å². The largest absolute Gasteiger partial charge is 0.378 e. The van der Waals surface area contributed by atoms with Crippen LogP contribution in [-0.4, -0.2) is 11.5 Å². The first-order chi connectivity index (χ1) is 15.6. The lowest BCUT2D eigenvalue weighted by Gasteiger charge is -2.39. The molecule has 0 unspecified atom stereocenters. The number of hydrogen-bond donors (Lipinski definition) is 0. The van der Waals surface area contributed by atoms with E-state index in [1.165, 1.54) is 0 Å². The van der Waals surface area contributed by atoms with Gasteiger partial charge < -0.3 is 4.84 Å². The summed E-state index contributed by atoms with van der Waals surface area (Å²) in [7, 11) is 0. The van der Waals surface area contributed by atoms with Crippen LogP contribution >= 0.6 is 11.6 Å². The van der Waals surface area contributed by atoms with Crippen molar-refractivity contribution in [2.24, 2.45) is 10.6 Å². The monoisotopic (exact) mass is 441 g/mol. The van der Waals surface area contributed by atoms with E-state index in [4.69, 9.17) is 16.4 Å². The van der Waals surface area contributed by atoms with E-state index in [-0.39, 0.29) is 5.78 Å². The number of carbonyl (C=O) groups is 1. The van der Waals surface area contributed by atoms with Crippen molar-refractivity contribution in [3.8, 4) is 0 Å². The minimum absolute atomic E-state index is 0.0939. The van der Waals surface area contributed by atoms with Gasteiger partial charge in [0.05, 0.1) is 0 Å². The minimum atomic E-state index is -1.03. The molecule has 2 aliphatic rings. The second-order valence-electron chi connectivity index (χ2n) is 8.25. The van der Waals surface area contributed by atoms with Gasteiger partial charge in [0.25, 0.3) is 0 Å². The van der Waals surface area contributed by atoms with Crippen LogP contribution in [0.3, 0.4) is 0 Å². The van der Waals surface area contributed by atoms with Gasteiger partial charge in [0.1, 0.15) is 11.1 Å². The van der Waals surface area contributed by atoms with Crippen LogP contribution in [0.2, 0.25) is 5.02 Å². The minimum Gasteiger partial charge on any atom is -0.378 e. The third-order valence-electron chi connectivity index (χ3n) is 6.84. The topological polar surface area (TPSA) is 38.7 Å². The Morgan fingerprint density at radius 1 is 0.844 bits per heavy atom. The summed E-state index contributed by atoms with van der Waals surface area (Å²) in [5, 5.41) is 5.27. The first kappa shape index (κ1) is 20.7. The summed E-state index contributed by atoms with van der Waals surface area (Å²) in [4.78, 5) is 20.8. The molecule has 0 spiro atoms. The van der Waals surface area contributed by atoms with E-state index < -0.39 is 11.0 Å². The molecule has 0 fully saturated rings. The normalized spacial score (nSPS) is 24.3. The van der Waals surface area contributed by atoms with Crippen molar-refractivity contribution < 1.29 is 9.63 Å². The van der Waals surface area contributed by atoms with Gasteiger partial charge in [-0.3, -0.25) is 4.79 Å². The predicted octanol–water partition coefficient (Wildman–Crippen LogP) is 6.81. The number of fused-ring (bicyclic) bond motifs is 1. The second kappa shape index (κ2) is 7.75. The van der Waals surface area contributed by atoms with E-state index in [9.17, 15) is 4.79 Å². The Hall–Kier alpha value is -3.17. The molecule has 0 saturated carbocycles. The summed E-state index contributed by atoms with van der Waals surface area (Å²) in [6, 6.07) is 27.6. The van der Waals surface area contributed by atoms with Crippen molar-refractivity contribution in [1.29, 1.82) is 0 Å². The van der Waals surface area contributed by atoms with Gasteiger partial charge in [-0.2, -0.15) is 0 Å².